The van der Waals surface area contributed by atoms with E-state index in [1.54, 1.807) is 0 Å². The molecule has 6 heteroatoms. The molecule has 0 saturated carbocycles. The van der Waals surface area contributed by atoms with Crippen LogP contribution in [0.2, 0.25) is 0 Å². The van der Waals surface area contributed by atoms with Crippen LogP contribution in [0.1, 0.15) is 75.0 Å². The molecule has 0 aromatic carbocycles. The van der Waals surface area contributed by atoms with E-state index in [1.165, 1.54) is 19.3 Å². The maximum absolute atomic E-state index is 11.6. The number of carbonyl (C=O) groups is 1. The summed E-state index contributed by atoms with van der Waals surface area (Å²) < 4.78 is 16.0. The molecule has 0 unspecified atom stereocenters. The van der Waals surface area contributed by atoms with Crippen LogP contribution >= 0.6 is 0 Å². The Hall–Kier alpha value is -0.690. The average molecular weight is 381 g/mol. The lowest BCUT2D eigenvalue weighted by Gasteiger charge is -2.07. The summed E-state index contributed by atoms with van der Waals surface area (Å²) in [4.78, 5) is 11.6. The predicted molar refractivity (Wildman–Crippen MR) is 113 cm³/mol. The molecule has 0 spiro atoms. The molecule has 0 bridgehead atoms. The number of hydrogen-bond acceptors (Lipinski definition) is 5. The lowest BCUT2D eigenvalue weighted by molar-refractivity contribution is -0.121. The standard InChI is InChI=1S/C18H38N2O4.C2H6.2H2/c1-2-12-22-13-8-6-4-3-5-7-9-18(21)20-11-15-24-17-16-23-14-10-19;1-2;;/h2-17,19H2,1H3,(H,20,21);1-2H3;2*1H. The van der Waals surface area contributed by atoms with Crippen LogP contribution in [-0.4, -0.2) is 58.6 Å². The smallest absolute Gasteiger partial charge is 0.220 e. The van der Waals surface area contributed by atoms with Crippen molar-refractivity contribution in [1.29, 1.82) is 0 Å². The Labute approximate surface area is 164 Å². The van der Waals surface area contributed by atoms with Crippen molar-refractivity contribution in [2.75, 3.05) is 52.7 Å². The lowest BCUT2D eigenvalue weighted by atomic mass is 10.1. The monoisotopic (exact) mass is 380 g/mol. The van der Waals surface area contributed by atoms with Crippen molar-refractivity contribution in [3.8, 4) is 0 Å². The number of rotatable bonds is 19. The molecule has 0 radical (unpaired) electrons. The second-order valence-electron chi connectivity index (χ2n) is 5.85. The highest BCUT2D eigenvalue weighted by Gasteiger charge is 2.00. The summed E-state index contributed by atoms with van der Waals surface area (Å²) >= 11 is 0. The molecule has 0 aliphatic heterocycles. The number of ether oxygens (including phenoxy) is 3. The van der Waals surface area contributed by atoms with Crippen LogP contribution in [0, 0.1) is 0 Å². The van der Waals surface area contributed by atoms with Crippen molar-refractivity contribution in [3.63, 3.8) is 0 Å². The first-order valence-electron chi connectivity index (χ1n) is 10.5. The molecule has 0 fully saturated rings. The fourth-order valence-corrected chi connectivity index (χ4v) is 2.20. The van der Waals surface area contributed by atoms with Crippen molar-refractivity contribution in [1.82, 2.24) is 5.32 Å². The molecule has 0 aliphatic rings. The van der Waals surface area contributed by atoms with Gasteiger partial charge in [0.05, 0.1) is 26.4 Å². The van der Waals surface area contributed by atoms with E-state index in [1.807, 2.05) is 13.8 Å². The van der Waals surface area contributed by atoms with Gasteiger partial charge in [0.1, 0.15) is 0 Å². The van der Waals surface area contributed by atoms with E-state index in [0.29, 0.717) is 45.9 Å². The number of amides is 1. The molecule has 3 N–H and O–H groups in total. The van der Waals surface area contributed by atoms with Gasteiger partial charge in [-0.25, -0.2) is 0 Å². The SMILES string of the molecule is CC.CCCOCCCCCCCCC(=O)NCCOCCOCCN.[HH].[HH]. The van der Waals surface area contributed by atoms with Crippen molar-refractivity contribution in [3.05, 3.63) is 0 Å². The zero-order valence-corrected chi connectivity index (χ0v) is 17.5. The van der Waals surface area contributed by atoms with Crippen LogP contribution in [0.4, 0.5) is 0 Å². The van der Waals surface area contributed by atoms with Crippen molar-refractivity contribution >= 4 is 5.91 Å². The molecule has 6 nitrogen and oxygen atoms in total. The Morgan fingerprint density at radius 1 is 0.808 bits per heavy atom. The Balaban J connectivity index is -0.000000695. The summed E-state index contributed by atoms with van der Waals surface area (Å²) in [7, 11) is 0. The first-order chi connectivity index (χ1) is 12.8. The Morgan fingerprint density at radius 3 is 2.04 bits per heavy atom. The second kappa shape index (κ2) is 26.5. The lowest BCUT2D eigenvalue weighted by Crippen LogP contribution is -2.27. The van der Waals surface area contributed by atoms with Crippen molar-refractivity contribution in [2.45, 2.75) is 72.1 Å². The van der Waals surface area contributed by atoms with E-state index >= 15 is 0 Å². The molecule has 26 heavy (non-hydrogen) atoms. The van der Waals surface area contributed by atoms with Crippen LogP contribution < -0.4 is 11.1 Å². The zero-order valence-electron chi connectivity index (χ0n) is 17.5. The van der Waals surface area contributed by atoms with E-state index in [9.17, 15) is 4.79 Å². The molecule has 0 aliphatic carbocycles. The minimum Gasteiger partial charge on any atom is -0.381 e. The minimum absolute atomic E-state index is 0. The fourth-order valence-electron chi connectivity index (χ4n) is 2.20. The molecule has 1 amide bonds. The van der Waals surface area contributed by atoms with Crippen LogP contribution in [0.5, 0.6) is 0 Å². The molecular formula is C20H48N2O4. The van der Waals surface area contributed by atoms with E-state index in [-0.39, 0.29) is 8.76 Å². The number of hydrogen-bond donors (Lipinski definition) is 2. The third-order valence-electron chi connectivity index (χ3n) is 3.49. The number of carbonyl (C=O) groups excluding carboxylic acids is 1. The minimum atomic E-state index is 0. The molecule has 0 aromatic rings. The van der Waals surface area contributed by atoms with Crippen molar-refractivity contribution in [2.24, 2.45) is 5.73 Å². The molecule has 0 rings (SSSR count). The summed E-state index contributed by atoms with van der Waals surface area (Å²) in [5.41, 5.74) is 5.30. The first kappa shape index (κ1) is 27.5. The van der Waals surface area contributed by atoms with Crippen LogP contribution in [0.15, 0.2) is 0 Å². The van der Waals surface area contributed by atoms with Crippen LogP contribution in [-0.2, 0) is 19.0 Å². The van der Waals surface area contributed by atoms with E-state index in [2.05, 4.69) is 12.2 Å². The Morgan fingerprint density at radius 2 is 1.38 bits per heavy atom. The summed E-state index contributed by atoms with van der Waals surface area (Å²) in [5.74, 6) is 0.117. The molecular weight excluding hydrogens is 332 g/mol. The average Bonchev–Trinajstić information content (AvgIpc) is 2.67. The summed E-state index contributed by atoms with van der Waals surface area (Å²) in [6.45, 7) is 11.2. The second-order valence-corrected chi connectivity index (χ2v) is 5.85. The number of nitrogens with two attached hydrogens (primary N) is 1. The maximum Gasteiger partial charge on any atom is 0.220 e. The number of nitrogens with one attached hydrogen (secondary N) is 1. The van der Waals surface area contributed by atoms with Crippen LogP contribution in [0.3, 0.4) is 0 Å². The quantitative estimate of drug-likeness (QED) is 0.333. The normalized spacial score (nSPS) is 10.3. The predicted octanol–water partition coefficient (Wildman–Crippen LogP) is 3.77. The Kier molecular flexibility index (Phi) is 28.1. The van der Waals surface area contributed by atoms with Gasteiger partial charge in [-0.3, -0.25) is 4.79 Å². The largest absolute Gasteiger partial charge is 0.381 e. The zero-order chi connectivity index (χ0) is 19.7. The van der Waals surface area contributed by atoms with Gasteiger partial charge in [-0.15, -0.1) is 0 Å². The van der Waals surface area contributed by atoms with Gasteiger partial charge in [-0.1, -0.05) is 46.5 Å². The highest BCUT2D eigenvalue weighted by molar-refractivity contribution is 5.75. The van der Waals surface area contributed by atoms with Crippen molar-refractivity contribution < 1.29 is 21.9 Å². The summed E-state index contributed by atoms with van der Waals surface area (Å²) in [6, 6.07) is 0. The number of unbranched alkanes of at least 4 members (excludes halogenated alkanes) is 5. The van der Waals surface area contributed by atoms with Gasteiger partial charge >= 0.3 is 0 Å². The van der Waals surface area contributed by atoms with Gasteiger partial charge in [0.25, 0.3) is 0 Å². The van der Waals surface area contributed by atoms with Gasteiger partial charge in [0, 0.05) is 35.6 Å². The van der Waals surface area contributed by atoms with E-state index in [0.717, 1.165) is 38.9 Å². The van der Waals surface area contributed by atoms with Gasteiger partial charge in [-0.2, -0.15) is 0 Å². The summed E-state index contributed by atoms with van der Waals surface area (Å²) in [5, 5.41) is 2.87. The highest BCUT2D eigenvalue weighted by Crippen LogP contribution is 2.07. The molecule has 0 atom stereocenters. The Bertz CT molecular complexity index is 277. The van der Waals surface area contributed by atoms with Gasteiger partial charge in [-0.05, 0) is 19.3 Å². The molecule has 0 heterocycles. The summed E-state index contributed by atoms with van der Waals surface area (Å²) in [6.07, 6.45) is 8.60. The maximum atomic E-state index is 11.6. The third kappa shape index (κ3) is 25.5. The van der Waals surface area contributed by atoms with Gasteiger partial charge < -0.3 is 25.3 Å². The topological polar surface area (TPSA) is 82.8 Å². The van der Waals surface area contributed by atoms with Gasteiger partial charge in [0.2, 0.25) is 5.91 Å². The van der Waals surface area contributed by atoms with E-state index in [4.69, 9.17) is 19.9 Å². The third-order valence-corrected chi connectivity index (χ3v) is 3.49. The first-order valence-corrected chi connectivity index (χ1v) is 10.5. The molecule has 162 valence electrons. The van der Waals surface area contributed by atoms with E-state index < -0.39 is 0 Å². The van der Waals surface area contributed by atoms with Crippen LogP contribution in [0.25, 0.3) is 0 Å². The van der Waals surface area contributed by atoms with Gasteiger partial charge in [0.15, 0.2) is 0 Å². The molecule has 0 aromatic heterocycles. The highest BCUT2D eigenvalue weighted by atomic mass is 16.5. The molecule has 0 saturated heterocycles. The fraction of sp³-hybridized carbons (Fsp3) is 0.950.